The fraction of sp³-hybridized carbons (Fsp3) is 0.769. The smallest absolute Gasteiger partial charge is 0.0628 e. The van der Waals surface area contributed by atoms with Crippen molar-refractivity contribution in [3.05, 3.63) is 17.0 Å². The van der Waals surface area contributed by atoms with Crippen LogP contribution in [0.3, 0.4) is 0 Å². The van der Waals surface area contributed by atoms with E-state index in [2.05, 4.69) is 35.9 Å². The third kappa shape index (κ3) is 2.29. The van der Waals surface area contributed by atoms with E-state index in [1.54, 1.807) is 0 Å². The van der Waals surface area contributed by atoms with Crippen molar-refractivity contribution in [2.75, 3.05) is 6.54 Å². The molecule has 0 aliphatic carbocycles. The number of hydrogen-bond acceptors (Lipinski definition) is 2. The highest BCUT2D eigenvalue weighted by Gasteiger charge is 2.16. The first kappa shape index (κ1) is 11.6. The standard InChI is InChI=1S/C13H23N3/c1-4-13-10(2)15-16(11(13)3)9-12-7-5-6-8-14-12/h12,14H,4-9H2,1-3H3. The van der Waals surface area contributed by atoms with Crippen LogP contribution in [-0.2, 0) is 13.0 Å². The van der Waals surface area contributed by atoms with E-state index in [0.717, 1.165) is 13.0 Å². The van der Waals surface area contributed by atoms with Crippen molar-refractivity contribution in [1.82, 2.24) is 15.1 Å². The molecule has 0 aromatic carbocycles. The summed E-state index contributed by atoms with van der Waals surface area (Å²) in [7, 11) is 0. The number of nitrogens with one attached hydrogen (secondary N) is 1. The molecule has 1 saturated heterocycles. The minimum absolute atomic E-state index is 0.622. The summed E-state index contributed by atoms with van der Waals surface area (Å²) in [5, 5.41) is 8.23. The van der Waals surface area contributed by atoms with Gasteiger partial charge >= 0.3 is 0 Å². The summed E-state index contributed by atoms with van der Waals surface area (Å²) in [6, 6.07) is 0.622. The number of nitrogens with zero attached hydrogens (tertiary/aromatic N) is 2. The highest BCUT2D eigenvalue weighted by molar-refractivity contribution is 5.24. The van der Waals surface area contributed by atoms with Gasteiger partial charge < -0.3 is 5.32 Å². The van der Waals surface area contributed by atoms with Crippen LogP contribution in [-0.4, -0.2) is 22.4 Å². The monoisotopic (exact) mass is 221 g/mol. The Morgan fingerprint density at radius 2 is 2.19 bits per heavy atom. The summed E-state index contributed by atoms with van der Waals surface area (Å²) in [5.41, 5.74) is 3.99. The Hall–Kier alpha value is -0.830. The van der Waals surface area contributed by atoms with Gasteiger partial charge in [-0.3, -0.25) is 4.68 Å². The quantitative estimate of drug-likeness (QED) is 0.848. The molecule has 1 aliphatic heterocycles. The maximum atomic E-state index is 4.65. The molecule has 1 fully saturated rings. The first-order valence-corrected chi connectivity index (χ1v) is 6.48. The van der Waals surface area contributed by atoms with Crippen LogP contribution in [0.5, 0.6) is 0 Å². The fourth-order valence-corrected chi connectivity index (χ4v) is 2.71. The third-order valence-electron chi connectivity index (χ3n) is 3.69. The summed E-state index contributed by atoms with van der Waals surface area (Å²) < 4.78 is 2.19. The Bertz CT molecular complexity index is 348. The largest absolute Gasteiger partial charge is 0.312 e. The maximum absolute atomic E-state index is 4.65. The van der Waals surface area contributed by atoms with Crippen LogP contribution in [0.15, 0.2) is 0 Å². The Morgan fingerprint density at radius 3 is 2.75 bits per heavy atom. The highest BCUT2D eigenvalue weighted by atomic mass is 15.3. The Balaban J connectivity index is 2.08. The van der Waals surface area contributed by atoms with E-state index in [1.807, 2.05) is 0 Å². The molecule has 90 valence electrons. The van der Waals surface area contributed by atoms with E-state index in [0.29, 0.717) is 6.04 Å². The number of aromatic nitrogens is 2. The van der Waals surface area contributed by atoms with Gasteiger partial charge in [0.2, 0.25) is 0 Å². The molecule has 1 atom stereocenters. The summed E-state index contributed by atoms with van der Waals surface area (Å²) in [6.45, 7) is 8.73. The Labute approximate surface area is 98.2 Å². The van der Waals surface area contributed by atoms with E-state index < -0.39 is 0 Å². The first-order valence-electron chi connectivity index (χ1n) is 6.48. The predicted molar refractivity (Wildman–Crippen MR) is 66.7 cm³/mol. The van der Waals surface area contributed by atoms with Crippen molar-refractivity contribution in [1.29, 1.82) is 0 Å². The van der Waals surface area contributed by atoms with Crippen LogP contribution in [0, 0.1) is 13.8 Å². The molecule has 1 unspecified atom stereocenters. The molecule has 0 amide bonds. The van der Waals surface area contributed by atoms with Crippen LogP contribution < -0.4 is 5.32 Å². The summed E-state index contributed by atoms with van der Waals surface area (Å²) >= 11 is 0. The maximum Gasteiger partial charge on any atom is 0.0628 e. The minimum atomic E-state index is 0.622. The lowest BCUT2D eigenvalue weighted by Crippen LogP contribution is -2.37. The summed E-state index contributed by atoms with van der Waals surface area (Å²) in [6.07, 6.45) is 5.07. The molecule has 3 heteroatoms. The zero-order valence-electron chi connectivity index (χ0n) is 10.7. The van der Waals surface area contributed by atoms with Crippen molar-refractivity contribution in [2.24, 2.45) is 0 Å². The Morgan fingerprint density at radius 1 is 1.38 bits per heavy atom. The second-order valence-corrected chi connectivity index (χ2v) is 4.83. The van der Waals surface area contributed by atoms with Gasteiger partial charge in [0.1, 0.15) is 0 Å². The average Bonchev–Trinajstić information content (AvgIpc) is 2.55. The van der Waals surface area contributed by atoms with Gasteiger partial charge in [-0.25, -0.2) is 0 Å². The van der Waals surface area contributed by atoms with Crippen LogP contribution >= 0.6 is 0 Å². The van der Waals surface area contributed by atoms with Gasteiger partial charge in [-0.15, -0.1) is 0 Å². The van der Waals surface area contributed by atoms with Crippen LogP contribution in [0.25, 0.3) is 0 Å². The second-order valence-electron chi connectivity index (χ2n) is 4.83. The van der Waals surface area contributed by atoms with Crippen molar-refractivity contribution in [3.8, 4) is 0 Å². The van der Waals surface area contributed by atoms with Gasteiger partial charge in [0.25, 0.3) is 0 Å². The van der Waals surface area contributed by atoms with Gasteiger partial charge in [0.15, 0.2) is 0 Å². The predicted octanol–water partition coefficient (Wildman–Crippen LogP) is 2.20. The van der Waals surface area contributed by atoms with Gasteiger partial charge in [-0.1, -0.05) is 13.3 Å². The molecule has 16 heavy (non-hydrogen) atoms. The molecule has 1 aromatic heterocycles. The molecular formula is C13H23N3. The molecular weight excluding hydrogens is 198 g/mol. The average molecular weight is 221 g/mol. The molecule has 0 spiro atoms. The molecule has 0 radical (unpaired) electrons. The number of rotatable bonds is 3. The zero-order valence-corrected chi connectivity index (χ0v) is 10.7. The molecule has 1 N–H and O–H groups in total. The minimum Gasteiger partial charge on any atom is -0.312 e. The van der Waals surface area contributed by atoms with Gasteiger partial charge in [0.05, 0.1) is 12.2 Å². The van der Waals surface area contributed by atoms with E-state index in [1.165, 1.54) is 42.8 Å². The normalized spacial score (nSPS) is 21.3. The number of piperidine rings is 1. The summed E-state index contributed by atoms with van der Waals surface area (Å²) in [5.74, 6) is 0. The molecule has 1 aromatic rings. The molecule has 2 rings (SSSR count). The SMILES string of the molecule is CCc1c(C)nn(CC2CCCCN2)c1C. The molecule has 3 nitrogen and oxygen atoms in total. The molecule has 0 saturated carbocycles. The first-order chi connectivity index (χ1) is 7.72. The second kappa shape index (κ2) is 5.00. The van der Waals surface area contributed by atoms with E-state index in [-0.39, 0.29) is 0 Å². The lowest BCUT2D eigenvalue weighted by Gasteiger charge is -2.23. The van der Waals surface area contributed by atoms with E-state index in [4.69, 9.17) is 0 Å². The van der Waals surface area contributed by atoms with Crippen molar-refractivity contribution in [2.45, 2.75) is 59.0 Å². The molecule has 2 heterocycles. The van der Waals surface area contributed by atoms with Crippen molar-refractivity contribution in [3.63, 3.8) is 0 Å². The van der Waals surface area contributed by atoms with Crippen molar-refractivity contribution >= 4 is 0 Å². The van der Waals surface area contributed by atoms with Crippen LogP contribution in [0.2, 0.25) is 0 Å². The van der Waals surface area contributed by atoms with E-state index in [9.17, 15) is 0 Å². The summed E-state index contributed by atoms with van der Waals surface area (Å²) in [4.78, 5) is 0. The zero-order chi connectivity index (χ0) is 11.5. The van der Waals surface area contributed by atoms with Gasteiger partial charge in [-0.05, 0) is 45.2 Å². The topological polar surface area (TPSA) is 29.9 Å². The lowest BCUT2D eigenvalue weighted by atomic mass is 10.1. The van der Waals surface area contributed by atoms with Crippen LogP contribution in [0.4, 0.5) is 0 Å². The lowest BCUT2D eigenvalue weighted by molar-refractivity contribution is 0.348. The Kier molecular flexibility index (Phi) is 3.64. The molecule has 1 aliphatic rings. The van der Waals surface area contributed by atoms with Gasteiger partial charge in [-0.2, -0.15) is 5.10 Å². The number of aryl methyl sites for hydroxylation is 1. The number of hydrogen-bond donors (Lipinski definition) is 1. The molecule has 0 bridgehead atoms. The van der Waals surface area contributed by atoms with Crippen molar-refractivity contribution < 1.29 is 0 Å². The van der Waals surface area contributed by atoms with E-state index >= 15 is 0 Å². The van der Waals surface area contributed by atoms with Crippen LogP contribution in [0.1, 0.15) is 43.1 Å². The fourth-order valence-electron chi connectivity index (χ4n) is 2.71. The highest BCUT2D eigenvalue weighted by Crippen LogP contribution is 2.16. The third-order valence-corrected chi connectivity index (χ3v) is 3.69. The van der Waals surface area contributed by atoms with Gasteiger partial charge in [0, 0.05) is 11.7 Å².